The van der Waals surface area contributed by atoms with Gasteiger partial charge >= 0.3 is 0 Å². The van der Waals surface area contributed by atoms with E-state index in [1.165, 1.54) is 0 Å². The fraction of sp³-hybridized carbons (Fsp3) is 0.588. The summed E-state index contributed by atoms with van der Waals surface area (Å²) < 4.78 is 28.4. The van der Waals surface area contributed by atoms with Crippen molar-refractivity contribution in [3.8, 4) is 5.75 Å². The molecule has 1 aromatic rings. The minimum Gasteiger partial charge on any atom is -0.497 e. The van der Waals surface area contributed by atoms with E-state index >= 15 is 0 Å². The first kappa shape index (κ1) is 18.7. The highest BCUT2D eigenvalue weighted by molar-refractivity contribution is 7.91. The fourth-order valence-corrected chi connectivity index (χ4v) is 4.74. The molecule has 2 rings (SSSR count). The number of carbonyl (C=O) groups excluding carboxylic acids is 1. The molecule has 0 aliphatic carbocycles. The van der Waals surface area contributed by atoms with Crippen molar-refractivity contribution in [3.63, 3.8) is 0 Å². The summed E-state index contributed by atoms with van der Waals surface area (Å²) in [6.07, 6.45) is 1.35. The Morgan fingerprint density at radius 3 is 2.83 bits per heavy atom. The number of hydrogen-bond acceptors (Lipinski definition) is 5. The van der Waals surface area contributed by atoms with Gasteiger partial charge in [0.1, 0.15) is 5.75 Å². The van der Waals surface area contributed by atoms with Crippen LogP contribution in [0.2, 0.25) is 0 Å². The predicted molar refractivity (Wildman–Crippen MR) is 94.0 cm³/mol. The van der Waals surface area contributed by atoms with Crippen LogP contribution in [0.25, 0.3) is 0 Å². The molecule has 1 N–H and O–H groups in total. The van der Waals surface area contributed by atoms with Crippen LogP contribution < -0.4 is 10.1 Å². The van der Waals surface area contributed by atoms with Crippen molar-refractivity contribution < 1.29 is 17.9 Å². The van der Waals surface area contributed by atoms with Crippen LogP contribution in [-0.4, -0.2) is 63.5 Å². The fourth-order valence-electron chi connectivity index (χ4n) is 2.98. The van der Waals surface area contributed by atoms with Crippen molar-refractivity contribution in [1.82, 2.24) is 10.2 Å². The molecule has 0 radical (unpaired) electrons. The molecule has 1 aliphatic heterocycles. The number of amides is 1. The van der Waals surface area contributed by atoms with Crippen molar-refractivity contribution in [1.29, 1.82) is 0 Å². The van der Waals surface area contributed by atoms with Gasteiger partial charge in [-0.1, -0.05) is 19.1 Å². The van der Waals surface area contributed by atoms with Crippen molar-refractivity contribution in [2.24, 2.45) is 0 Å². The summed E-state index contributed by atoms with van der Waals surface area (Å²) in [5, 5.41) is 2.91. The van der Waals surface area contributed by atoms with E-state index in [1.807, 2.05) is 36.1 Å². The number of hydrogen-bond donors (Lipinski definition) is 1. The van der Waals surface area contributed by atoms with Gasteiger partial charge in [-0.3, -0.25) is 9.69 Å². The van der Waals surface area contributed by atoms with Crippen LogP contribution in [0.5, 0.6) is 5.75 Å². The largest absolute Gasteiger partial charge is 0.497 e. The van der Waals surface area contributed by atoms with E-state index in [0.717, 1.165) is 17.7 Å². The number of methoxy groups -OCH3 is 1. The molecule has 1 aliphatic rings. The average molecular weight is 354 g/mol. The summed E-state index contributed by atoms with van der Waals surface area (Å²) in [6, 6.07) is 7.72. The standard InChI is InChI=1S/C17H26N2O4S/c1-3-19(15-8-10-24(21,22)13-15)12-17(20)18-9-7-14-5-4-6-16(11-14)23-2/h4-6,11,15H,3,7-10,12-13H2,1-2H3,(H,18,20). The normalized spacial score (nSPS) is 19.4. The lowest BCUT2D eigenvalue weighted by molar-refractivity contribution is -0.122. The molecule has 1 fully saturated rings. The van der Waals surface area contributed by atoms with Crippen molar-refractivity contribution in [2.75, 3.05) is 38.2 Å². The summed E-state index contributed by atoms with van der Waals surface area (Å²) >= 11 is 0. The molecule has 0 bridgehead atoms. The van der Waals surface area contributed by atoms with Gasteiger partial charge in [-0.15, -0.1) is 0 Å². The Balaban J connectivity index is 1.77. The lowest BCUT2D eigenvalue weighted by Gasteiger charge is -2.25. The second-order valence-corrected chi connectivity index (χ2v) is 8.30. The first-order valence-corrected chi connectivity index (χ1v) is 10.1. The van der Waals surface area contributed by atoms with Crippen LogP contribution in [0.15, 0.2) is 24.3 Å². The van der Waals surface area contributed by atoms with E-state index in [1.54, 1.807) is 7.11 Å². The molecule has 7 heteroatoms. The maximum atomic E-state index is 12.1. The molecule has 1 saturated heterocycles. The SMILES string of the molecule is CCN(CC(=O)NCCc1cccc(OC)c1)C1CCS(=O)(=O)C1. The third-order valence-corrected chi connectivity index (χ3v) is 6.10. The first-order chi connectivity index (χ1) is 11.4. The van der Waals surface area contributed by atoms with Gasteiger partial charge in [0.2, 0.25) is 5.91 Å². The van der Waals surface area contributed by atoms with Gasteiger partial charge in [-0.2, -0.15) is 0 Å². The average Bonchev–Trinajstić information content (AvgIpc) is 2.92. The molecule has 0 spiro atoms. The van der Waals surface area contributed by atoms with Crippen molar-refractivity contribution >= 4 is 15.7 Å². The van der Waals surface area contributed by atoms with Crippen LogP contribution in [-0.2, 0) is 21.1 Å². The number of benzene rings is 1. The van der Waals surface area contributed by atoms with Crippen LogP contribution >= 0.6 is 0 Å². The molecule has 1 heterocycles. The number of nitrogens with zero attached hydrogens (tertiary/aromatic N) is 1. The molecule has 0 aromatic heterocycles. The zero-order valence-corrected chi connectivity index (χ0v) is 15.1. The van der Waals surface area contributed by atoms with E-state index in [9.17, 15) is 13.2 Å². The maximum Gasteiger partial charge on any atom is 0.234 e. The van der Waals surface area contributed by atoms with Crippen LogP contribution in [0, 0.1) is 0 Å². The summed E-state index contributed by atoms with van der Waals surface area (Å²) in [7, 11) is -1.30. The summed E-state index contributed by atoms with van der Waals surface area (Å²) in [4.78, 5) is 14.1. The Kier molecular flexibility index (Phi) is 6.62. The minimum atomic E-state index is -2.93. The number of nitrogens with one attached hydrogen (secondary N) is 1. The Morgan fingerprint density at radius 1 is 1.42 bits per heavy atom. The quantitative estimate of drug-likeness (QED) is 0.749. The second-order valence-electron chi connectivity index (χ2n) is 6.07. The van der Waals surface area contributed by atoms with Crippen LogP contribution in [0.3, 0.4) is 0 Å². The molecule has 1 atom stereocenters. The number of carbonyl (C=O) groups is 1. The Labute approximate surface area is 144 Å². The number of likely N-dealkylation sites (N-methyl/N-ethyl adjacent to an activating group) is 1. The summed E-state index contributed by atoms with van der Waals surface area (Å²) in [5.74, 6) is 1.13. The highest BCUT2D eigenvalue weighted by Crippen LogP contribution is 2.17. The lowest BCUT2D eigenvalue weighted by atomic mass is 10.1. The first-order valence-electron chi connectivity index (χ1n) is 8.27. The van der Waals surface area contributed by atoms with Gasteiger partial charge in [0, 0.05) is 12.6 Å². The number of sulfone groups is 1. The topological polar surface area (TPSA) is 75.7 Å². The second kappa shape index (κ2) is 8.48. The molecule has 24 heavy (non-hydrogen) atoms. The van der Waals surface area contributed by atoms with E-state index < -0.39 is 9.84 Å². The molecular weight excluding hydrogens is 328 g/mol. The summed E-state index contributed by atoms with van der Waals surface area (Å²) in [6.45, 7) is 3.42. The van der Waals surface area contributed by atoms with Gasteiger partial charge in [-0.25, -0.2) is 8.42 Å². The van der Waals surface area contributed by atoms with Gasteiger partial charge in [0.15, 0.2) is 9.84 Å². The van der Waals surface area contributed by atoms with E-state index in [4.69, 9.17) is 4.74 Å². The highest BCUT2D eigenvalue weighted by atomic mass is 32.2. The maximum absolute atomic E-state index is 12.1. The third kappa shape index (κ3) is 5.49. The minimum absolute atomic E-state index is 0.0378. The summed E-state index contributed by atoms with van der Waals surface area (Å²) in [5.41, 5.74) is 1.10. The van der Waals surface area contributed by atoms with Gasteiger partial charge in [-0.05, 0) is 37.1 Å². The zero-order chi connectivity index (χ0) is 17.6. The third-order valence-electron chi connectivity index (χ3n) is 4.35. The highest BCUT2D eigenvalue weighted by Gasteiger charge is 2.32. The van der Waals surface area contributed by atoms with Crippen molar-refractivity contribution in [2.45, 2.75) is 25.8 Å². The Bertz CT molecular complexity index is 660. The molecule has 1 aromatic carbocycles. The smallest absolute Gasteiger partial charge is 0.234 e. The molecule has 6 nitrogen and oxygen atoms in total. The molecule has 1 amide bonds. The van der Waals surface area contributed by atoms with Crippen LogP contribution in [0.4, 0.5) is 0 Å². The molecule has 1 unspecified atom stereocenters. The molecular formula is C17H26N2O4S. The monoisotopic (exact) mass is 354 g/mol. The van der Waals surface area contributed by atoms with Gasteiger partial charge in [0.05, 0.1) is 25.2 Å². The van der Waals surface area contributed by atoms with Gasteiger partial charge < -0.3 is 10.1 Å². The predicted octanol–water partition coefficient (Wildman–Crippen LogP) is 0.863. The van der Waals surface area contributed by atoms with Crippen molar-refractivity contribution in [3.05, 3.63) is 29.8 Å². The number of ether oxygens (including phenoxy) is 1. The van der Waals surface area contributed by atoms with E-state index in [-0.39, 0.29) is 30.0 Å². The van der Waals surface area contributed by atoms with E-state index in [2.05, 4.69) is 5.32 Å². The van der Waals surface area contributed by atoms with Crippen LogP contribution in [0.1, 0.15) is 18.9 Å². The Morgan fingerprint density at radius 2 is 2.21 bits per heavy atom. The van der Waals surface area contributed by atoms with E-state index in [0.29, 0.717) is 19.5 Å². The molecule has 0 saturated carbocycles. The Hall–Kier alpha value is -1.60. The zero-order valence-electron chi connectivity index (χ0n) is 14.3. The van der Waals surface area contributed by atoms with Gasteiger partial charge in [0.25, 0.3) is 0 Å². The number of rotatable bonds is 8. The molecule has 134 valence electrons. The lowest BCUT2D eigenvalue weighted by Crippen LogP contribution is -2.43.